The van der Waals surface area contributed by atoms with E-state index >= 15 is 0 Å². The molecule has 1 aliphatic rings. The summed E-state index contributed by atoms with van der Waals surface area (Å²) in [4.78, 5) is 40.1. The zero-order valence-corrected chi connectivity index (χ0v) is 23.5. The standard InChI is InChI=1S/C31H33N7O5/c32-29-28(30(40)37-26-16-33-12-11-27(26)38-14-15-42-20-24(38)18-39)36-25(17-35-29)23-8-6-21(7-9-23)10-13-34-31(41)43-19-22-4-2-1-3-5-22/h1-9,11-12,16-17,24,39H,10,13-15,18-20H2,(H2,32,35)(H,34,41)(H,37,40). The lowest BCUT2D eigenvalue weighted by Crippen LogP contribution is -2.48. The monoisotopic (exact) mass is 583 g/mol. The van der Waals surface area contributed by atoms with E-state index in [4.69, 9.17) is 15.2 Å². The highest BCUT2D eigenvalue weighted by atomic mass is 16.5. The average Bonchev–Trinajstić information content (AvgIpc) is 3.05. The molecule has 0 saturated carbocycles. The molecule has 3 heterocycles. The molecule has 12 heteroatoms. The number of hydrogen-bond donors (Lipinski definition) is 4. The Morgan fingerprint density at radius 2 is 1.88 bits per heavy atom. The molecule has 0 radical (unpaired) electrons. The third kappa shape index (κ3) is 7.61. The third-order valence-corrected chi connectivity index (χ3v) is 6.96. The first kappa shape index (κ1) is 29.4. The molecule has 1 atom stereocenters. The number of nitrogens with one attached hydrogen (secondary N) is 2. The van der Waals surface area contributed by atoms with Gasteiger partial charge in [-0.25, -0.2) is 14.8 Å². The van der Waals surface area contributed by atoms with E-state index in [2.05, 4.69) is 25.6 Å². The molecular formula is C31H33N7O5. The van der Waals surface area contributed by atoms with Gasteiger partial charge in [-0.15, -0.1) is 0 Å². The molecule has 5 N–H and O–H groups in total. The van der Waals surface area contributed by atoms with Crippen LogP contribution in [0.5, 0.6) is 0 Å². The number of morpholine rings is 1. The molecule has 2 amide bonds. The molecule has 1 unspecified atom stereocenters. The van der Waals surface area contributed by atoms with Gasteiger partial charge in [0, 0.05) is 24.8 Å². The van der Waals surface area contributed by atoms with Crippen molar-refractivity contribution >= 4 is 29.2 Å². The summed E-state index contributed by atoms with van der Waals surface area (Å²) in [7, 11) is 0. The average molecular weight is 584 g/mol. The molecular weight excluding hydrogens is 550 g/mol. The van der Waals surface area contributed by atoms with Gasteiger partial charge in [0.25, 0.3) is 5.91 Å². The highest BCUT2D eigenvalue weighted by molar-refractivity contribution is 6.07. The third-order valence-electron chi connectivity index (χ3n) is 6.96. The summed E-state index contributed by atoms with van der Waals surface area (Å²) in [6, 6.07) is 18.6. The van der Waals surface area contributed by atoms with Crippen LogP contribution in [0.4, 0.5) is 22.0 Å². The minimum absolute atomic E-state index is 0.00635. The van der Waals surface area contributed by atoms with Crippen molar-refractivity contribution in [3.05, 3.63) is 96.1 Å². The number of ether oxygens (including phenoxy) is 2. The maximum absolute atomic E-state index is 13.3. The number of nitrogen functional groups attached to an aromatic ring is 1. The molecule has 1 fully saturated rings. The van der Waals surface area contributed by atoms with E-state index < -0.39 is 12.0 Å². The molecule has 5 rings (SSSR count). The largest absolute Gasteiger partial charge is 0.445 e. The van der Waals surface area contributed by atoms with Gasteiger partial charge in [0.15, 0.2) is 11.5 Å². The SMILES string of the molecule is Nc1ncc(-c2ccc(CCNC(=O)OCc3ccccc3)cc2)nc1C(=O)Nc1cnccc1N1CCOCC1CO. The molecule has 2 aromatic carbocycles. The van der Waals surface area contributed by atoms with Crippen LogP contribution >= 0.6 is 0 Å². The van der Waals surface area contributed by atoms with Gasteiger partial charge in [0.05, 0.1) is 55.3 Å². The number of hydrogen-bond acceptors (Lipinski definition) is 10. The summed E-state index contributed by atoms with van der Waals surface area (Å²) in [6.07, 6.45) is 4.82. The smallest absolute Gasteiger partial charge is 0.407 e. The van der Waals surface area contributed by atoms with Crippen molar-refractivity contribution in [1.82, 2.24) is 20.3 Å². The van der Waals surface area contributed by atoms with Crippen molar-refractivity contribution < 1.29 is 24.2 Å². The molecule has 43 heavy (non-hydrogen) atoms. The number of aromatic nitrogens is 3. The number of amides is 2. The number of anilines is 3. The lowest BCUT2D eigenvalue weighted by Gasteiger charge is -2.37. The number of nitrogens with zero attached hydrogens (tertiary/aromatic N) is 4. The summed E-state index contributed by atoms with van der Waals surface area (Å²) in [5.41, 5.74) is 10.4. The highest BCUT2D eigenvalue weighted by Crippen LogP contribution is 2.29. The Balaban J connectivity index is 1.20. The predicted octanol–water partition coefficient (Wildman–Crippen LogP) is 3.04. The fourth-order valence-electron chi connectivity index (χ4n) is 4.67. The number of carbonyl (C=O) groups excluding carboxylic acids is 2. The summed E-state index contributed by atoms with van der Waals surface area (Å²) >= 11 is 0. The summed E-state index contributed by atoms with van der Waals surface area (Å²) in [5, 5.41) is 15.4. The van der Waals surface area contributed by atoms with Gasteiger partial charge in [-0.1, -0.05) is 54.6 Å². The Morgan fingerprint density at radius 3 is 2.67 bits per heavy atom. The molecule has 0 bridgehead atoms. The topological polar surface area (TPSA) is 165 Å². The number of carbonyl (C=O) groups is 2. The lowest BCUT2D eigenvalue weighted by atomic mass is 10.1. The van der Waals surface area contributed by atoms with E-state index in [0.29, 0.717) is 49.8 Å². The number of nitrogens with two attached hydrogens (primary N) is 1. The van der Waals surface area contributed by atoms with E-state index in [1.807, 2.05) is 59.5 Å². The van der Waals surface area contributed by atoms with Crippen LogP contribution in [0, 0.1) is 0 Å². The second-order valence-corrected chi connectivity index (χ2v) is 9.88. The van der Waals surface area contributed by atoms with Crippen LogP contribution in [0.1, 0.15) is 21.6 Å². The van der Waals surface area contributed by atoms with Crippen molar-refractivity contribution in [3.63, 3.8) is 0 Å². The van der Waals surface area contributed by atoms with Crippen molar-refractivity contribution in [2.24, 2.45) is 0 Å². The Kier molecular flexibility index (Phi) is 9.72. The molecule has 1 aliphatic heterocycles. The quantitative estimate of drug-likeness (QED) is 0.218. The van der Waals surface area contributed by atoms with Crippen molar-refractivity contribution in [1.29, 1.82) is 0 Å². The van der Waals surface area contributed by atoms with Gasteiger partial charge < -0.3 is 35.8 Å². The van der Waals surface area contributed by atoms with Gasteiger partial charge >= 0.3 is 6.09 Å². The Labute approximate surface area is 248 Å². The number of rotatable bonds is 10. The normalized spacial score (nSPS) is 14.6. The van der Waals surface area contributed by atoms with Gasteiger partial charge in [-0.2, -0.15) is 0 Å². The molecule has 12 nitrogen and oxygen atoms in total. The molecule has 0 spiro atoms. The van der Waals surface area contributed by atoms with Crippen molar-refractivity contribution in [3.8, 4) is 11.3 Å². The molecule has 4 aromatic rings. The van der Waals surface area contributed by atoms with Crippen LogP contribution in [-0.2, 0) is 22.5 Å². The van der Waals surface area contributed by atoms with E-state index in [1.54, 1.807) is 18.5 Å². The molecule has 1 saturated heterocycles. The maximum Gasteiger partial charge on any atom is 0.407 e. The summed E-state index contributed by atoms with van der Waals surface area (Å²) < 4.78 is 10.7. The molecule has 0 aliphatic carbocycles. The van der Waals surface area contributed by atoms with Gasteiger partial charge in [0.2, 0.25) is 0 Å². The van der Waals surface area contributed by atoms with E-state index in [-0.39, 0.29) is 30.8 Å². The van der Waals surface area contributed by atoms with E-state index in [0.717, 1.165) is 16.7 Å². The van der Waals surface area contributed by atoms with Crippen LogP contribution in [0.2, 0.25) is 0 Å². The molecule has 2 aromatic heterocycles. The van der Waals surface area contributed by atoms with Crippen LogP contribution in [0.15, 0.2) is 79.3 Å². The Hall–Kier alpha value is -5.07. The number of aliphatic hydroxyl groups is 1. The summed E-state index contributed by atoms with van der Waals surface area (Å²) in [6.45, 7) is 1.98. The first-order chi connectivity index (χ1) is 21.0. The maximum atomic E-state index is 13.3. The first-order valence-corrected chi connectivity index (χ1v) is 13.9. The number of benzene rings is 2. The predicted molar refractivity (Wildman–Crippen MR) is 161 cm³/mol. The van der Waals surface area contributed by atoms with Crippen LogP contribution in [0.3, 0.4) is 0 Å². The number of aliphatic hydroxyl groups excluding tert-OH is 1. The van der Waals surface area contributed by atoms with E-state index in [9.17, 15) is 14.7 Å². The minimum Gasteiger partial charge on any atom is -0.445 e. The van der Waals surface area contributed by atoms with Gasteiger partial charge in [-0.3, -0.25) is 9.78 Å². The fourth-order valence-corrected chi connectivity index (χ4v) is 4.67. The second kappa shape index (κ2) is 14.2. The van der Waals surface area contributed by atoms with E-state index in [1.165, 1.54) is 6.20 Å². The number of pyridine rings is 1. The van der Waals surface area contributed by atoms with Crippen LogP contribution in [-0.4, -0.2) is 71.0 Å². The zero-order valence-electron chi connectivity index (χ0n) is 23.5. The first-order valence-electron chi connectivity index (χ1n) is 13.9. The van der Waals surface area contributed by atoms with Crippen molar-refractivity contribution in [2.75, 3.05) is 48.9 Å². The number of alkyl carbamates (subject to hydrolysis) is 1. The Morgan fingerprint density at radius 1 is 1.07 bits per heavy atom. The molecule has 222 valence electrons. The Bertz CT molecular complexity index is 1540. The van der Waals surface area contributed by atoms with Gasteiger partial charge in [-0.05, 0) is 23.6 Å². The summed E-state index contributed by atoms with van der Waals surface area (Å²) in [5.74, 6) is -0.537. The van der Waals surface area contributed by atoms with Crippen molar-refractivity contribution in [2.45, 2.75) is 19.1 Å². The highest BCUT2D eigenvalue weighted by Gasteiger charge is 2.26. The van der Waals surface area contributed by atoms with Crippen LogP contribution in [0.25, 0.3) is 11.3 Å². The van der Waals surface area contributed by atoms with Crippen LogP contribution < -0.4 is 21.3 Å². The minimum atomic E-state index is -0.531. The fraction of sp³-hybridized carbons (Fsp3) is 0.258. The zero-order chi connectivity index (χ0) is 30.0. The van der Waals surface area contributed by atoms with Gasteiger partial charge in [0.1, 0.15) is 6.61 Å². The second-order valence-electron chi connectivity index (χ2n) is 9.88. The lowest BCUT2D eigenvalue weighted by molar-refractivity contribution is 0.0728.